The second kappa shape index (κ2) is 5.12. The molecule has 1 heterocycles. The summed E-state index contributed by atoms with van der Waals surface area (Å²) in [5.74, 6) is 0.580. The van der Waals surface area contributed by atoms with Crippen molar-refractivity contribution >= 4 is 16.6 Å². The van der Waals surface area contributed by atoms with Gasteiger partial charge in [-0.15, -0.1) is 0 Å². The molecule has 0 fully saturated rings. The number of Topliss-reactive ketones (excluding diaryl/α,β-unsaturated/α-hetero) is 1. The van der Waals surface area contributed by atoms with E-state index in [1.54, 1.807) is 12.4 Å². The maximum absolute atomic E-state index is 12.5. The number of benzene rings is 1. The number of rotatable bonds is 3. The maximum atomic E-state index is 12.5. The third-order valence-corrected chi connectivity index (χ3v) is 3.95. The van der Waals surface area contributed by atoms with E-state index in [0.29, 0.717) is 12.3 Å². The van der Waals surface area contributed by atoms with Gasteiger partial charge < -0.3 is 0 Å². The van der Waals surface area contributed by atoms with E-state index < -0.39 is 0 Å². The Kier molecular flexibility index (Phi) is 3.70. The Morgan fingerprint density at radius 3 is 2.68 bits per heavy atom. The van der Waals surface area contributed by atoms with E-state index in [0.717, 1.165) is 16.3 Å². The summed E-state index contributed by atoms with van der Waals surface area (Å²) in [5, 5.41) is 2.03. The number of pyridine rings is 1. The standard InChI is InChI=1S/C17H21NO/c1-12(17(2,3)4)10-16(19)15-7-5-6-13-11-18-9-8-14(13)15/h5-9,11-12H,10H2,1-4H3. The van der Waals surface area contributed by atoms with Crippen molar-refractivity contribution in [3.8, 4) is 0 Å². The fourth-order valence-corrected chi connectivity index (χ4v) is 2.06. The van der Waals surface area contributed by atoms with Crippen molar-refractivity contribution in [3.05, 3.63) is 42.2 Å². The molecule has 100 valence electrons. The zero-order valence-electron chi connectivity index (χ0n) is 12.1. The molecule has 2 heteroatoms. The Morgan fingerprint density at radius 2 is 2.00 bits per heavy atom. The van der Waals surface area contributed by atoms with E-state index in [1.165, 1.54) is 0 Å². The van der Waals surface area contributed by atoms with E-state index in [9.17, 15) is 4.79 Å². The van der Waals surface area contributed by atoms with Gasteiger partial charge in [0.25, 0.3) is 0 Å². The van der Waals surface area contributed by atoms with Crippen molar-refractivity contribution in [2.45, 2.75) is 34.1 Å². The van der Waals surface area contributed by atoms with Crippen LogP contribution in [0.15, 0.2) is 36.7 Å². The first kappa shape index (κ1) is 13.7. The highest BCUT2D eigenvalue weighted by atomic mass is 16.1. The summed E-state index contributed by atoms with van der Waals surface area (Å²) in [4.78, 5) is 16.6. The van der Waals surface area contributed by atoms with Crippen molar-refractivity contribution in [1.82, 2.24) is 4.98 Å². The molecule has 1 aromatic carbocycles. The highest BCUT2D eigenvalue weighted by molar-refractivity contribution is 6.07. The summed E-state index contributed by atoms with van der Waals surface area (Å²) in [6.45, 7) is 8.68. The number of aromatic nitrogens is 1. The van der Waals surface area contributed by atoms with Gasteiger partial charge in [0.1, 0.15) is 0 Å². The molecule has 0 N–H and O–H groups in total. The molecule has 2 aromatic rings. The van der Waals surface area contributed by atoms with Gasteiger partial charge in [-0.05, 0) is 22.8 Å². The lowest BCUT2D eigenvalue weighted by molar-refractivity contribution is 0.0929. The number of nitrogens with zero attached hydrogens (tertiary/aromatic N) is 1. The zero-order chi connectivity index (χ0) is 14.0. The minimum absolute atomic E-state index is 0.155. The SMILES string of the molecule is CC(CC(=O)c1cccc2cnccc12)C(C)(C)C. The molecule has 0 aliphatic heterocycles. The van der Waals surface area contributed by atoms with Crippen LogP contribution in [0.4, 0.5) is 0 Å². The van der Waals surface area contributed by atoms with Crippen LogP contribution in [0.2, 0.25) is 0 Å². The zero-order valence-corrected chi connectivity index (χ0v) is 12.1. The highest BCUT2D eigenvalue weighted by Gasteiger charge is 2.23. The molecule has 1 aromatic heterocycles. The van der Waals surface area contributed by atoms with Gasteiger partial charge in [0.15, 0.2) is 5.78 Å². The van der Waals surface area contributed by atoms with Crippen LogP contribution < -0.4 is 0 Å². The summed E-state index contributed by atoms with van der Waals surface area (Å²) >= 11 is 0. The van der Waals surface area contributed by atoms with Crippen LogP contribution in [0.25, 0.3) is 10.8 Å². The fourth-order valence-electron chi connectivity index (χ4n) is 2.06. The first-order valence-corrected chi connectivity index (χ1v) is 6.75. The summed E-state index contributed by atoms with van der Waals surface area (Å²) < 4.78 is 0. The first-order chi connectivity index (χ1) is 8.89. The van der Waals surface area contributed by atoms with Crippen molar-refractivity contribution in [2.75, 3.05) is 0 Å². The summed E-state index contributed by atoms with van der Waals surface area (Å²) in [6, 6.07) is 7.76. The molecular weight excluding hydrogens is 234 g/mol. The highest BCUT2D eigenvalue weighted by Crippen LogP contribution is 2.30. The number of ketones is 1. The predicted molar refractivity (Wildman–Crippen MR) is 79.3 cm³/mol. The van der Waals surface area contributed by atoms with Gasteiger partial charge in [-0.25, -0.2) is 0 Å². The Balaban J connectivity index is 2.32. The van der Waals surface area contributed by atoms with Gasteiger partial charge in [0.05, 0.1) is 0 Å². The molecule has 1 atom stereocenters. The van der Waals surface area contributed by atoms with E-state index in [-0.39, 0.29) is 11.2 Å². The number of fused-ring (bicyclic) bond motifs is 1. The van der Waals surface area contributed by atoms with Crippen molar-refractivity contribution < 1.29 is 4.79 Å². The smallest absolute Gasteiger partial charge is 0.163 e. The van der Waals surface area contributed by atoms with Crippen LogP contribution in [0.5, 0.6) is 0 Å². The maximum Gasteiger partial charge on any atom is 0.163 e. The van der Waals surface area contributed by atoms with E-state index in [4.69, 9.17) is 0 Å². The van der Waals surface area contributed by atoms with Crippen LogP contribution in [-0.4, -0.2) is 10.8 Å². The molecule has 0 aliphatic carbocycles. The van der Waals surface area contributed by atoms with Crippen LogP contribution >= 0.6 is 0 Å². The molecule has 19 heavy (non-hydrogen) atoms. The normalized spacial score (nSPS) is 13.5. The summed E-state index contributed by atoms with van der Waals surface area (Å²) in [6.07, 6.45) is 4.14. The average Bonchev–Trinajstić information content (AvgIpc) is 2.36. The third kappa shape index (κ3) is 3.01. The van der Waals surface area contributed by atoms with Crippen LogP contribution in [0.1, 0.15) is 44.5 Å². The van der Waals surface area contributed by atoms with E-state index in [2.05, 4.69) is 32.7 Å². The largest absolute Gasteiger partial charge is 0.294 e. The van der Waals surface area contributed by atoms with E-state index >= 15 is 0 Å². The average molecular weight is 255 g/mol. The molecule has 0 aliphatic rings. The molecule has 0 saturated heterocycles. The van der Waals surface area contributed by atoms with Crippen LogP contribution in [-0.2, 0) is 0 Å². The second-order valence-corrected chi connectivity index (χ2v) is 6.30. The molecule has 0 saturated carbocycles. The fraction of sp³-hybridized carbons (Fsp3) is 0.412. The van der Waals surface area contributed by atoms with Crippen LogP contribution in [0.3, 0.4) is 0 Å². The van der Waals surface area contributed by atoms with Gasteiger partial charge in [-0.1, -0.05) is 45.9 Å². The Bertz CT molecular complexity index is 590. The van der Waals surface area contributed by atoms with Gasteiger partial charge in [-0.3, -0.25) is 9.78 Å². The van der Waals surface area contributed by atoms with Crippen LogP contribution in [0, 0.1) is 11.3 Å². The van der Waals surface area contributed by atoms with Gasteiger partial charge in [0, 0.05) is 29.8 Å². The molecule has 0 spiro atoms. The van der Waals surface area contributed by atoms with Gasteiger partial charge >= 0.3 is 0 Å². The van der Waals surface area contributed by atoms with E-state index in [1.807, 2.05) is 24.3 Å². The molecule has 0 bridgehead atoms. The molecular formula is C17H21NO. The van der Waals surface area contributed by atoms with Gasteiger partial charge in [-0.2, -0.15) is 0 Å². The first-order valence-electron chi connectivity index (χ1n) is 6.75. The number of carbonyl (C=O) groups excluding carboxylic acids is 1. The molecule has 2 nitrogen and oxygen atoms in total. The molecule has 1 unspecified atom stereocenters. The summed E-state index contributed by atoms with van der Waals surface area (Å²) in [7, 11) is 0. The quantitative estimate of drug-likeness (QED) is 0.756. The number of hydrogen-bond donors (Lipinski definition) is 0. The number of hydrogen-bond acceptors (Lipinski definition) is 2. The monoisotopic (exact) mass is 255 g/mol. The van der Waals surface area contributed by atoms with Crippen molar-refractivity contribution in [2.24, 2.45) is 11.3 Å². The van der Waals surface area contributed by atoms with Gasteiger partial charge in [0.2, 0.25) is 0 Å². The lowest BCUT2D eigenvalue weighted by Crippen LogP contribution is -2.20. The lowest BCUT2D eigenvalue weighted by Gasteiger charge is -2.26. The van der Waals surface area contributed by atoms with Crippen molar-refractivity contribution in [1.29, 1.82) is 0 Å². The molecule has 0 amide bonds. The molecule has 2 rings (SSSR count). The Labute approximate surface area is 114 Å². The number of carbonyl (C=O) groups is 1. The Morgan fingerprint density at radius 1 is 1.26 bits per heavy atom. The predicted octanol–water partition coefficient (Wildman–Crippen LogP) is 4.49. The minimum atomic E-state index is 0.155. The third-order valence-electron chi connectivity index (χ3n) is 3.95. The molecule has 0 radical (unpaired) electrons. The minimum Gasteiger partial charge on any atom is -0.294 e. The van der Waals surface area contributed by atoms with Crippen molar-refractivity contribution in [3.63, 3.8) is 0 Å². The lowest BCUT2D eigenvalue weighted by atomic mass is 9.78. The Hall–Kier alpha value is -1.70. The second-order valence-electron chi connectivity index (χ2n) is 6.30. The topological polar surface area (TPSA) is 30.0 Å². The summed E-state index contributed by atoms with van der Waals surface area (Å²) in [5.41, 5.74) is 0.970.